The molecule has 0 aliphatic rings. The molecular formula is C30H64N+. The Balaban J connectivity index is 4.68. The maximum absolute atomic E-state index is 2.34. The molecule has 0 aromatic carbocycles. The fourth-order valence-corrected chi connectivity index (χ4v) is 5.23. The summed E-state index contributed by atoms with van der Waals surface area (Å²) in [5.41, 5.74) is 0. The summed E-state index contributed by atoms with van der Waals surface area (Å²) in [6.45, 7) is 15.2. The summed E-state index contributed by atoms with van der Waals surface area (Å²) in [5, 5.41) is 0. The molecule has 31 heavy (non-hydrogen) atoms. The van der Waals surface area contributed by atoms with Gasteiger partial charge in [0.05, 0.1) is 26.2 Å². The molecule has 0 radical (unpaired) electrons. The zero-order valence-corrected chi connectivity index (χ0v) is 22.8. The van der Waals surface area contributed by atoms with Gasteiger partial charge in [-0.25, -0.2) is 0 Å². The average Bonchev–Trinajstić information content (AvgIpc) is 2.78. The summed E-state index contributed by atoms with van der Waals surface area (Å²) in [6, 6.07) is 0. The van der Waals surface area contributed by atoms with Gasteiger partial charge in [0, 0.05) is 0 Å². The van der Waals surface area contributed by atoms with E-state index in [9.17, 15) is 0 Å². The minimum Gasteiger partial charge on any atom is -0.324 e. The molecule has 0 aliphatic heterocycles. The Bertz CT molecular complexity index is 288. The van der Waals surface area contributed by atoms with Crippen molar-refractivity contribution in [1.29, 1.82) is 0 Å². The molecular weight excluding hydrogens is 374 g/mol. The summed E-state index contributed by atoms with van der Waals surface area (Å²) in [7, 11) is 0. The lowest BCUT2D eigenvalue weighted by molar-refractivity contribution is -0.929. The quantitative estimate of drug-likeness (QED) is 0.0930. The van der Waals surface area contributed by atoms with Crippen LogP contribution in [0.2, 0.25) is 0 Å². The van der Waals surface area contributed by atoms with Gasteiger partial charge in [-0.3, -0.25) is 0 Å². The van der Waals surface area contributed by atoms with Crippen molar-refractivity contribution in [1.82, 2.24) is 0 Å². The number of quaternary nitrogens is 1. The van der Waals surface area contributed by atoms with Gasteiger partial charge in [-0.2, -0.15) is 0 Å². The number of hydrogen-bond acceptors (Lipinski definition) is 0. The molecule has 1 nitrogen and oxygen atoms in total. The molecule has 0 bridgehead atoms. The van der Waals surface area contributed by atoms with Crippen LogP contribution in [-0.2, 0) is 0 Å². The Morgan fingerprint density at radius 1 is 0.258 bits per heavy atom. The summed E-state index contributed by atoms with van der Waals surface area (Å²) in [6.07, 6.45) is 31.8. The van der Waals surface area contributed by atoms with E-state index in [-0.39, 0.29) is 0 Å². The molecule has 0 rings (SSSR count). The van der Waals surface area contributed by atoms with E-state index in [0.29, 0.717) is 0 Å². The molecule has 0 aliphatic carbocycles. The van der Waals surface area contributed by atoms with Crippen LogP contribution in [0.3, 0.4) is 0 Å². The van der Waals surface area contributed by atoms with E-state index in [1.165, 1.54) is 172 Å². The standard InChI is InChI=1S/C30H64N/c1-5-9-13-17-18-22-26-30-31(27-23-19-14-10-6-2,28-24-20-15-11-7-3)29-25-21-16-12-8-4/h5-30H2,1-4H3/q+1. The van der Waals surface area contributed by atoms with E-state index < -0.39 is 0 Å². The molecule has 0 unspecified atom stereocenters. The first-order chi connectivity index (χ1) is 15.2. The van der Waals surface area contributed by atoms with Gasteiger partial charge >= 0.3 is 0 Å². The highest BCUT2D eigenvalue weighted by Gasteiger charge is 2.25. The molecule has 0 amide bonds. The molecule has 0 aromatic heterocycles. The fourth-order valence-electron chi connectivity index (χ4n) is 5.23. The average molecular weight is 439 g/mol. The minimum absolute atomic E-state index is 1.37. The Kier molecular flexibility index (Phi) is 24.6. The van der Waals surface area contributed by atoms with Gasteiger partial charge in [-0.1, -0.05) is 118 Å². The van der Waals surface area contributed by atoms with E-state index in [0.717, 1.165) is 0 Å². The maximum atomic E-state index is 2.34. The fraction of sp³-hybridized carbons (Fsp3) is 1.00. The van der Waals surface area contributed by atoms with Crippen LogP contribution in [-0.4, -0.2) is 30.7 Å². The van der Waals surface area contributed by atoms with Crippen molar-refractivity contribution in [3.8, 4) is 0 Å². The first-order valence-electron chi connectivity index (χ1n) is 15.1. The lowest BCUT2D eigenvalue weighted by Gasteiger charge is -2.40. The summed E-state index contributed by atoms with van der Waals surface area (Å²) in [5.74, 6) is 0. The molecule has 0 heterocycles. The second-order valence-corrected chi connectivity index (χ2v) is 10.6. The Hall–Kier alpha value is -0.0400. The van der Waals surface area contributed by atoms with Crippen LogP contribution in [0, 0.1) is 0 Å². The second-order valence-electron chi connectivity index (χ2n) is 10.6. The number of nitrogens with zero attached hydrogens (tertiary/aromatic N) is 1. The van der Waals surface area contributed by atoms with Crippen LogP contribution < -0.4 is 0 Å². The molecule has 0 spiro atoms. The number of unbranched alkanes of at least 4 members (excludes halogenated alkanes) is 18. The van der Waals surface area contributed by atoms with Crippen molar-refractivity contribution in [2.75, 3.05) is 26.2 Å². The first kappa shape index (κ1) is 31.0. The van der Waals surface area contributed by atoms with Crippen molar-refractivity contribution in [3.05, 3.63) is 0 Å². The SMILES string of the molecule is CCCCCCCCC[N+](CCCCCCC)(CCCCCCC)CCCCCCC. The van der Waals surface area contributed by atoms with Crippen molar-refractivity contribution in [2.24, 2.45) is 0 Å². The highest BCUT2D eigenvalue weighted by molar-refractivity contribution is 4.54. The summed E-state index contributed by atoms with van der Waals surface area (Å²) in [4.78, 5) is 0. The lowest BCUT2D eigenvalue weighted by Crippen LogP contribution is -2.50. The van der Waals surface area contributed by atoms with E-state index in [2.05, 4.69) is 27.7 Å². The van der Waals surface area contributed by atoms with Crippen molar-refractivity contribution >= 4 is 0 Å². The zero-order valence-electron chi connectivity index (χ0n) is 22.8. The van der Waals surface area contributed by atoms with E-state index in [4.69, 9.17) is 0 Å². The van der Waals surface area contributed by atoms with Crippen molar-refractivity contribution < 1.29 is 4.48 Å². The number of rotatable bonds is 26. The summed E-state index contributed by atoms with van der Waals surface area (Å²) >= 11 is 0. The monoisotopic (exact) mass is 439 g/mol. The van der Waals surface area contributed by atoms with Crippen molar-refractivity contribution in [2.45, 2.75) is 169 Å². The lowest BCUT2D eigenvalue weighted by atomic mass is 10.0. The van der Waals surface area contributed by atoms with Crippen LogP contribution in [0.1, 0.15) is 169 Å². The molecule has 188 valence electrons. The third-order valence-electron chi connectivity index (χ3n) is 7.44. The first-order valence-corrected chi connectivity index (χ1v) is 15.1. The normalized spacial score (nSPS) is 12.0. The predicted octanol–water partition coefficient (Wildman–Crippen LogP) is 10.5. The molecule has 0 aromatic rings. The number of hydrogen-bond donors (Lipinski definition) is 0. The third kappa shape index (κ3) is 20.3. The maximum Gasteiger partial charge on any atom is 0.0786 e. The smallest absolute Gasteiger partial charge is 0.0786 e. The minimum atomic E-state index is 1.37. The van der Waals surface area contributed by atoms with Gasteiger partial charge in [-0.05, 0) is 51.4 Å². The molecule has 0 saturated carbocycles. The van der Waals surface area contributed by atoms with Gasteiger partial charge in [0.2, 0.25) is 0 Å². The van der Waals surface area contributed by atoms with Crippen LogP contribution >= 0.6 is 0 Å². The van der Waals surface area contributed by atoms with Gasteiger partial charge in [0.1, 0.15) is 0 Å². The predicted molar refractivity (Wildman–Crippen MR) is 144 cm³/mol. The van der Waals surface area contributed by atoms with Crippen molar-refractivity contribution in [3.63, 3.8) is 0 Å². The van der Waals surface area contributed by atoms with Crippen LogP contribution in [0.4, 0.5) is 0 Å². The van der Waals surface area contributed by atoms with Gasteiger partial charge < -0.3 is 4.48 Å². The highest BCUT2D eigenvalue weighted by atomic mass is 15.3. The van der Waals surface area contributed by atoms with E-state index in [1.54, 1.807) is 0 Å². The Morgan fingerprint density at radius 3 is 0.677 bits per heavy atom. The van der Waals surface area contributed by atoms with Gasteiger partial charge in [0.25, 0.3) is 0 Å². The molecule has 0 fully saturated rings. The topological polar surface area (TPSA) is 0 Å². The van der Waals surface area contributed by atoms with Gasteiger partial charge in [-0.15, -0.1) is 0 Å². The van der Waals surface area contributed by atoms with Crippen LogP contribution in [0.5, 0.6) is 0 Å². The van der Waals surface area contributed by atoms with E-state index in [1.807, 2.05) is 0 Å². The highest BCUT2D eigenvalue weighted by Crippen LogP contribution is 2.20. The zero-order chi connectivity index (χ0) is 22.9. The van der Waals surface area contributed by atoms with E-state index >= 15 is 0 Å². The second kappa shape index (κ2) is 24.6. The third-order valence-corrected chi connectivity index (χ3v) is 7.44. The molecule has 1 heteroatoms. The van der Waals surface area contributed by atoms with Crippen LogP contribution in [0.15, 0.2) is 0 Å². The molecule has 0 N–H and O–H groups in total. The largest absolute Gasteiger partial charge is 0.324 e. The van der Waals surface area contributed by atoms with Crippen LogP contribution in [0.25, 0.3) is 0 Å². The Morgan fingerprint density at radius 2 is 0.452 bits per heavy atom. The summed E-state index contributed by atoms with van der Waals surface area (Å²) < 4.78 is 1.47. The molecule has 0 saturated heterocycles. The van der Waals surface area contributed by atoms with Gasteiger partial charge in [0.15, 0.2) is 0 Å². The molecule has 0 atom stereocenters. The Labute approximate surface area is 199 Å².